The number of H-pyrrole nitrogens is 1. The first-order valence-corrected chi connectivity index (χ1v) is 15.1. The number of aromatic amines is 1. The van der Waals surface area contributed by atoms with Gasteiger partial charge in [0.25, 0.3) is 5.82 Å². The molecule has 7 heteroatoms. The van der Waals surface area contributed by atoms with Gasteiger partial charge in [0.15, 0.2) is 0 Å². The van der Waals surface area contributed by atoms with Gasteiger partial charge in [-0.1, -0.05) is 51.3 Å². The average Bonchev–Trinajstić information content (AvgIpc) is 3.76. The van der Waals surface area contributed by atoms with Crippen molar-refractivity contribution in [2.75, 3.05) is 38.0 Å². The number of piperazine rings is 1. The molecule has 4 aliphatic rings. The molecular formula is C32H42N6O. The molecule has 0 unspecified atom stereocenters. The molecule has 0 atom stereocenters. The maximum absolute atomic E-state index is 13.2. The molecule has 7 nitrogen and oxygen atoms in total. The lowest BCUT2D eigenvalue weighted by molar-refractivity contribution is 0.0339. The third-order valence-electron chi connectivity index (χ3n) is 10.3. The van der Waals surface area contributed by atoms with E-state index in [1.54, 1.807) is 0 Å². The van der Waals surface area contributed by atoms with Gasteiger partial charge in [-0.25, -0.2) is 4.98 Å². The molecule has 1 aromatic heterocycles. The summed E-state index contributed by atoms with van der Waals surface area (Å²) < 4.78 is 0. The monoisotopic (exact) mass is 526 g/mol. The molecule has 1 amide bonds. The van der Waals surface area contributed by atoms with Gasteiger partial charge < -0.3 is 15.1 Å². The highest BCUT2D eigenvalue weighted by Gasteiger charge is 2.43. The van der Waals surface area contributed by atoms with Gasteiger partial charge in [-0.2, -0.15) is 0 Å². The van der Waals surface area contributed by atoms with Crippen LogP contribution in [0.2, 0.25) is 0 Å². The number of imidazole rings is 1. The Morgan fingerprint density at radius 3 is 2.46 bits per heavy atom. The zero-order chi connectivity index (χ0) is 26.9. The van der Waals surface area contributed by atoms with Crippen LogP contribution >= 0.6 is 0 Å². The number of benzene rings is 1. The second-order valence-corrected chi connectivity index (χ2v) is 12.2. The van der Waals surface area contributed by atoms with Crippen LogP contribution in [-0.4, -0.2) is 58.4 Å². The standard InChI is InChI=1S/C32H42N6O/c1-3-37-18-20-38(21-19-37)32(14-6-7-15-32)25-8-9-27(35-30(39)29-34-23-28(33-2)36-29)26(22-25)24-10-16-31(17-11-24)12-4-5-13-31/h8-10,22-23H,3-7,11-21H2,1H3,(H,34,36)(H,35,39). The van der Waals surface area contributed by atoms with Crippen LogP contribution in [0.3, 0.4) is 0 Å². The first kappa shape index (κ1) is 26.3. The number of anilines is 1. The lowest BCUT2D eigenvalue weighted by atomic mass is 9.72. The Morgan fingerprint density at radius 2 is 1.82 bits per heavy atom. The molecule has 2 heterocycles. The molecule has 1 saturated heterocycles. The normalized spacial score (nSPS) is 23.0. The fraction of sp³-hybridized carbons (Fsp3) is 0.594. The maximum atomic E-state index is 13.2. The summed E-state index contributed by atoms with van der Waals surface area (Å²) in [5.74, 6) is 0.160. The van der Waals surface area contributed by atoms with Crippen LogP contribution in [0.4, 0.5) is 11.5 Å². The Morgan fingerprint density at radius 1 is 1.08 bits per heavy atom. The van der Waals surface area contributed by atoms with Crippen LogP contribution < -0.4 is 5.32 Å². The zero-order valence-electron chi connectivity index (χ0n) is 23.4. The van der Waals surface area contributed by atoms with Gasteiger partial charge in [-0.15, -0.1) is 0 Å². The third kappa shape index (κ3) is 5.05. The van der Waals surface area contributed by atoms with Crippen LogP contribution in [-0.2, 0) is 5.54 Å². The van der Waals surface area contributed by atoms with E-state index in [-0.39, 0.29) is 23.1 Å². The van der Waals surface area contributed by atoms with Crippen molar-refractivity contribution in [2.45, 2.75) is 83.1 Å². The Bertz CT molecular complexity index is 1270. The van der Waals surface area contributed by atoms with Crippen LogP contribution in [0.1, 0.15) is 99.3 Å². The number of amides is 1. The lowest BCUT2D eigenvalue weighted by Gasteiger charge is -2.46. The summed E-state index contributed by atoms with van der Waals surface area (Å²) in [6, 6.07) is 6.81. The van der Waals surface area contributed by atoms with Crippen LogP contribution in [0, 0.1) is 12.0 Å². The number of carbonyl (C=O) groups is 1. The van der Waals surface area contributed by atoms with Crippen molar-refractivity contribution >= 4 is 23.0 Å². The molecule has 0 bridgehead atoms. The molecule has 6 rings (SSSR count). The zero-order valence-corrected chi connectivity index (χ0v) is 23.4. The van der Waals surface area contributed by atoms with Crippen LogP contribution in [0.5, 0.6) is 0 Å². The predicted molar refractivity (Wildman–Crippen MR) is 156 cm³/mol. The van der Waals surface area contributed by atoms with Gasteiger partial charge in [0, 0.05) is 43.0 Å². The molecule has 0 radical (unpaired) electrons. The summed E-state index contributed by atoms with van der Waals surface area (Å²) in [6.45, 7) is 15.1. The molecule has 3 aliphatic carbocycles. The molecule has 2 aromatic rings. The van der Waals surface area contributed by atoms with Crippen molar-refractivity contribution < 1.29 is 4.79 Å². The first-order chi connectivity index (χ1) is 19.0. The van der Waals surface area contributed by atoms with Gasteiger partial charge in [0.2, 0.25) is 5.82 Å². The Kier molecular flexibility index (Phi) is 7.35. The fourth-order valence-electron chi connectivity index (χ4n) is 7.88. The van der Waals surface area contributed by atoms with E-state index in [2.05, 4.69) is 61.1 Å². The van der Waals surface area contributed by atoms with Crippen LogP contribution in [0.15, 0.2) is 30.5 Å². The average molecular weight is 527 g/mol. The number of allylic oxidation sites excluding steroid dienone is 2. The van der Waals surface area contributed by atoms with Gasteiger partial charge >= 0.3 is 5.91 Å². The molecule has 2 saturated carbocycles. The summed E-state index contributed by atoms with van der Waals surface area (Å²) in [7, 11) is 0. The van der Waals surface area contributed by atoms with Crippen LogP contribution in [0.25, 0.3) is 10.4 Å². The number of hydrogen-bond donors (Lipinski definition) is 2. The van der Waals surface area contributed by atoms with E-state index in [1.165, 1.54) is 80.7 Å². The first-order valence-electron chi connectivity index (χ1n) is 15.1. The highest BCUT2D eigenvalue weighted by molar-refractivity contribution is 6.03. The minimum absolute atomic E-state index is 0.0879. The number of rotatable bonds is 6. The van der Waals surface area contributed by atoms with E-state index in [0.717, 1.165) is 51.3 Å². The van der Waals surface area contributed by atoms with E-state index in [9.17, 15) is 4.79 Å². The smallest absolute Gasteiger partial charge is 0.314 e. The topological polar surface area (TPSA) is 68.6 Å². The second kappa shape index (κ2) is 10.9. The summed E-state index contributed by atoms with van der Waals surface area (Å²) in [5, 5.41) is 3.15. The molecule has 39 heavy (non-hydrogen) atoms. The van der Waals surface area contributed by atoms with Gasteiger partial charge in [0.1, 0.15) is 0 Å². The van der Waals surface area contributed by atoms with Gasteiger partial charge in [0.05, 0.1) is 6.20 Å². The van der Waals surface area contributed by atoms with Crippen molar-refractivity contribution in [3.05, 3.63) is 58.8 Å². The number of hydrogen-bond acceptors (Lipinski definition) is 4. The van der Waals surface area contributed by atoms with Crippen molar-refractivity contribution in [3.63, 3.8) is 0 Å². The second-order valence-electron chi connectivity index (χ2n) is 12.2. The quantitative estimate of drug-likeness (QED) is 0.409. The SMILES string of the molecule is [C-]#[N+]c1cnc(C(=O)Nc2ccc(C3(N4CCN(CC)CC4)CCCC3)cc2C2=CCC3(CCCC3)CC2)[nH]1. The van der Waals surface area contributed by atoms with Crippen molar-refractivity contribution in [1.82, 2.24) is 19.8 Å². The lowest BCUT2D eigenvalue weighted by Crippen LogP contribution is -2.54. The van der Waals surface area contributed by atoms with E-state index in [0.29, 0.717) is 5.41 Å². The van der Waals surface area contributed by atoms with E-state index < -0.39 is 0 Å². The van der Waals surface area contributed by atoms with Crippen molar-refractivity contribution in [1.29, 1.82) is 0 Å². The third-order valence-corrected chi connectivity index (χ3v) is 10.3. The fourth-order valence-corrected chi connectivity index (χ4v) is 7.88. The molecule has 1 aliphatic heterocycles. The Labute approximate surface area is 232 Å². The highest BCUT2D eigenvalue weighted by atomic mass is 16.2. The van der Waals surface area contributed by atoms with Crippen molar-refractivity contribution in [2.24, 2.45) is 5.41 Å². The minimum Gasteiger partial charge on any atom is -0.363 e. The Balaban J connectivity index is 1.34. The summed E-state index contributed by atoms with van der Waals surface area (Å²) in [4.78, 5) is 28.8. The Hall–Kier alpha value is -2.95. The van der Waals surface area contributed by atoms with Crippen molar-refractivity contribution in [3.8, 4) is 0 Å². The molecule has 1 spiro atoms. The summed E-state index contributed by atoms with van der Waals surface area (Å²) in [6.07, 6.45) is 17.8. The molecule has 206 valence electrons. The number of carbonyl (C=O) groups excluding carboxylic acids is 1. The molecular weight excluding hydrogens is 484 g/mol. The summed E-state index contributed by atoms with van der Waals surface area (Å²) in [5.41, 5.74) is 5.39. The molecule has 1 aromatic carbocycles. The number of likely N-dealkylation sites (N-methyl/N-ethyl adjacent to an activating group) is 1. The summed E-state index contributed by atoms with van der Waals surface area (Å²) >= 11 is 0. The van der Waals surface area contributed by atoms with E-state index in [1.807, 2.05) is 0 Å². The van der Waals surface area contributed by atoms with E-state index >= 15 is 0 Å². The van der Waals surface area contributed by atoms with Gasteiger partial charge in [-0.05, 0) is 80.2 Å². The largest absolute Gasteiger partial charge is 0.363 e. The molecule has 3 fully saturated rings. The van der Waals surface area contributed by atoms with Gasteiger partial charge in [-0.3, -0.25) is 14.7 Å². The predicted octanol–water partition coefficient (Wildman–Crippen LogP) is 6.75. The molecule has 2 N–H and O–H groups in total. The maximum Gasteiger partial charge on any atom is 0.314 e. The number of nitrogens with zero attached hydrogens (tertiary/aromatic N) is 4. The van der Waals surface area contributed by atoms with E-state index in [4.69, 9.17) is 6.57 Å². The minimum atomic E-state index is -0.297. The number of aromatic nitrogens is 2. The highest BCUT2D eigenvalue weighted by Crippen LogP contribution is 2.51. The number of nitrogens with one attached hydrogen (secondary N) is 2.